The lowest BCUT2D eigenvalue weighted by atomic mass is 10.1. The molecule has 11 heteroatoms. The summed E-state index contributed by atoms with van der Waals surface area (Å²) >= 11 is 0. The molecular formula is C25H31N5O5S. The average Bonchev–Trinajstić information content (AvgIpc) is 3.59. The number of nitrogens with zero attached hydrogens (tertiary/aromatic N) is 5. The number of sulfonamides is 1. The number of anilines is 1. The van der Waals surface area contributed by atoms with Gasteiger partial charge in [0, 0.05) is 43.3 Å². The molecule has 0 bridgehead atoms. The molecule has 2 atom stereocenters. The van der Waals surface area contributed by atoms with Crippen molar-refractivity contribution >= 4 is 32.6 Å². The third-order valence-corrected chi connectivity index (χ3v) is 8.87. The molecular weight excluding hydrogens is 482 g/mol. The number of fused-ring (bicyclic) bond motifs is 1. The average molecular weight is 514 g/mol. The van der Waals surface area contributed by atoms with Gasteiger partial charge in [0.1, 0.15) is 4.90 Å². The molecule has 4 heterocycles. The van der Waals surface area contributed by atoms with Gasteiger partial charge in [0.25, 0.3) is 0 Å². The summed E-state index contributed by atoms with van der Waals surface area (Å²) in [7, 11) is -3.76. The van der Waals surface area contributed by atoms with Crippen LogP contribution < -0.4 is 9.64 Å². The summed E-state index contributed by atoms with van der Waals surface area (Å²) < 4.78 is 35.4. The molecule has 0 aliphatic carbocycles. The molecule has 0 radical (unpaired) electrons. The van der Waals surface area contributed by atoms with Crippen LogP contribution in [0.1, 0.15) is 38.4 Å². The summed E-state index contributed by atoms with van der Waals surface area (Å²) in [6, 6.07) is 8.89. The lowest BCUT2D eigenvalue weighted by Gasteiger charge is -2.20. The van der Waals surface area contributed by atoms with E-state index in [1.54, 1.807) is 6.07 Å². The highest BCUT2D eigenvalue weighted by atomic mass is 32.2. The lowest BCUT2D eigenvalue weighted by molar-refractivity contribution is -0.136. The van der Waals surface area contributed by atoms with Gasteiger partial charge in [-0.15, -0.1) is 0 Å². The van der Waals surface area contributed by atoms with Crippen LogP contribution in [0, 0.1) is 5.92 Å². The van der Waals surface area contributed by atoms with E-state index in [1.165, 1.54) is 16.6 Å². The molecule has 5 rings (SSSR count). The number of aromatic nitrogens is 3. The first kappa shape index (κ1) is 24.5. The van der Waals surface area contributed by atoms with Crippen molar-refractivity contribution in [2.75, 3.05) is 37.7 Å². The van der Waals surface area contributed by atoms with Gasteiger partial charge in [0.15, 0.2) is 0 Å². The minimum Gasteiger partial charge on any atom is -0.481 e. The van der Waals surface area contributed by atoms with Crippen LogP contribution in [-0.4, -0.2) is 71.3 Å². The summed E-state index contributed by atoms with van der Waals surface area (Å²) in [6.07, 6.45) is 3.44. The quantitative estimate of drug-likeness (QED) is 0.489. The molecule has 1 N–H and O–H groups in total. The molecule has 0 unspecified atom stereocenters. The molecule has 0 saturated carbocycles. The first-order valence-corrected chi connectivity index (χ1v) is 13.8. The van der Waals surface area contributed by atoms with Crippen LogP contribution >= 0.6 is 0 Å². The number of carboxylic acid groups (broad SMARTS) is 1. The zero-order valence-electron chi connectivity index (χ0n) is 20.5. The van der Waals surface area contributed by atoms with Crippen molar-refractivity contribution < 1.29 is 23.1 Å². The topological polar surface area (TPSA) is 118 Å². The Labute approximate surface area is 210 Å². The number of carbonyl (C=O) groups is 1. The summed E-state index contributed by atoms with van der Waals surface area (Å²) in [6.45, 7) is 6.85. The summed E-state index contributed by atoms with van der Waals surface area (Å²) in [5.74, 6) is -0.588. The van der Waals surface area contributed by atoms with E-state index in [4.69, 9.17) is 9.84 Å². The van der Waals surface area contributed by atoms with E-state index in [0.717, 1.165) is 42.5 Å². The highest BCUT2D eigenvalue weighted by molar-refractivity contribution is 7.89. The van der Waals surface area contributed by atoms with Crippen LogP contribution in [0.2, 0.25) is 0 Å². The second kappa shape index (κ2) is 9.70. The van der Waals surface area contributed by atoms with Gasteiger partial charge in [0.2, 0.25) is 15.9 Å². The number of ether oxygens (including phenoxy) is 1. The molecule has 0 spiro atoms. The number of hydrogen-bond acceptors (Lipinski definition) is 7. The molecule has 2 saturated heterocycles. The fraction of sp³-hybridized carbons (Fsp3) is 0.480. The maximum atomic E-state index is 13.4. The Hall–Kier alpha value is -3.18. The molecule has 2 aliphatic rings. The standard InChI is InChI=1S/C25H31N5O5S/c1-3-35-24-9-7-19(14-26-24)36(33,34)29-15-17(2)23(16-29)30-22-12-18(28-10-4-5-11-28)6-8-20(22)21(27-30)13-25(31)32/h6-9,12,14,17,23H,3-5,10-11,13,15-16H2,1-2H3,(H,31,32)/t17-,23+/m1/s1. The number of benzene rings is 1. The maximum absolute atomic E-state index is 13.4. The zero-order valence-corrected chi connectivity index (χ0v) is 21.3. The zero-order chi connectivity index (χ0) is 25.4. The Morgan fingerprint density at radius 1 is 1.17 bits per heavy atom. The van der Waals surface area contributed by atoms with E-state index >= 15 is 0 Å². The van der Waals surface area contributed by atoms with Crippen molar-refractivity contribution in [3.05, 3.63) is 42.2 Å². The van der Waals surface area contributed by atoms with Gasteiger partial charge in [-0.1, -0.05) is 6.92 Å². The Morgan fingerprint density at radius 2 is 1.94 bits per heavy atom. The van der Waals surface area contributed by atoms with Gasteiger partial charge in [-0.3, -0.25) is 9.48 Å². The molecule has 10 nitrogen and oxygen atoms in total. The van der Waals surface area contributed by atoms with Crippen LogP contribution in [0.4, 0.5) is 5.69 Å². The van der Waals surface area contributed by atoms with E-state index in [-0.39, 0.29) is 29.8 Å². The van der Waals surface area contributed by atoms with E-state index in [1.807, 2.05) is 30.7 Å². The van der Waals surface area contributed by atoms with Crippen molar-refractivity contribution in [2.45, 2.75) is 44.0 Å². The third-order valence-electron chi connectivity index (χ3n) is 7.05. The number of carboxylic acids is 1. The van der Waals surface area contributed by atoms with Gasteiger partial charge >= 0.3 is 5.97 Å². The summed E-state index contributed by atoms with van der Waals surface area (Å²) in [5.41, 5.74) is 2.42. The molecule has 2 fully saturated rings. The van der Waals surface area contributed by atoms with Gasteiger partial charge < -0.3 is 14.7 Å². The Morgan fingerprint density at radius 3 is 2.61 bits per heavy atom. The molecule has 2 aliphatic heterocycles. The minimum absolute atomic E-state index is 0.0216. The normalized spacial score (nSPS) is 20.9. The van der Waals surface area contributed by atoms with Gasteiger partial charge in [-0.25, -0.2) is 13.4 Å². The summed E-state index contributed by atoms with van der Waals surface area (Å²) in [4.78, 5) is 18.1. The first-order valence-electron chi connectivity index (χ1n) is 12.3. The molecule has 192 valence electrons. The number of aliphatic carboxylic acids is 1. The lowest BCUT2D eigenvalue weighted by Crippen LogP contribution is -2.29. The van der Waals surface area contributed by atoms with Gasteiger partial charge in [-0.05, 0) is 49.9 Å². The van der Waals surface area contributed by atoms with Crippen LogP contribution in [0.15, 0.2) is 41.4 Å². The molecule has 0 amide bonds. The molecule has 2 aromatic heterocycles. The van der Waals surface area contributed by atoms with E-state index in [9.17, 15) is 18.3 Å². The fourth-order valence-electron chi connectivity index (χ4n) is 5.21. The maximum Gasteiger partial charge on any atom is 0.309 e. The second-order valence-corrected chi connectivity index (χ2v) is 11.4. The fourth-order valence-corrected chi connectivity index (χ4v) is 6.72. The molecule has 1 aromatic carbocycles. The predicted octanol–water partition coefficient (Wildman–Crippen LogP) is 2.94. The van der Waals surface area contributed by atoms with Crippen LogP contribution in [0.25, 0.3) is 10.9 Å². The van der Waals surface area contributed by atoms with Crippen molar-refractivity contribution in [3.8, 4) is 5.88 Å². The minimum atomic E-state index is -3.76. The van der Waals surface area contributed by atoms with Crippen LogP contribution in [0.5, 0.6) is 5.88 Å². The van der Waals surface area contributed by atoms with E-state index in [2.05, 4.69) is 16.0 Å². The Balaban J connectivity index is 1.48. The highest BCUT2D eigenvalue weighted by Crippen LogP contribution is 2.36. The van der Waals surface area contributed by atoms with Crippen molar-refractivity contribution in [1.29, 1.82) is 0 Å². The molecule has 36 heavy (non-hydrogen) atoms. The monoisotopic (exact) mass is 513 g/mol. The van der Waals surface area contributed by atoms with Gasteiger partial charge in [0.05, 0.1) is 36.5 Å². The Kier molecular flexibility index (Phi) is 6.60. The van der Waals surface area contributed by atoms with Crippen molar-refractivity contribution in [1.82, 2.24) is 19.1 Å². The largest absolute Gasteiger partial charge is 0.481 e. The highest BCUT2D eigenvalue weighted by Gasteiger charge is 2.39. The first-order chi connectivity index (χ1) is 17.3. The van der Waals surface area contributed by atoms with Crippen molar-refractivity contribution in [2.24, 2.45) is 5.92 Å². The van der Waals surface area contributed by atoms with Crippen molar-refractivity contribution in [3.63, 3.8) is 0 Å². The SMILES string of the molecule is CCOc1ccc(S(=O)(=O)N2C[C@@H](C)[C@@H](n3nc(CC(=O)O)c4ccc(N5CCCC5)cc43)C2)cn1. The number of hydrogen-bond donors (Lipinski definition) is 1. The number of rotatable bonds is 8. The van der Waals surface area contributed by atoms with Crippen LogP contribution in [-0.2, 0) is 21.2 Å². The summed E-state index contributed by atoms with van der Waals surface area (Å²) in [5, 5.41) is 15.0. The number of pyridine rings is 1. The van der Waals surface area contributed by atoms with E-state index < -0.39 is 16.0 Å². The Bertz CT molecular complexity index is 1370. The van der Waals surface area contributed by atoms with Crippen LogP contribution in [0.3, 0.4) is 0 Å². The molecule has 3 aromatic rings. The second-order valence-electron chi connectivity index (χ2n) is 9.49. The third kappa shape index (κ3) is 4.53. The van der Waals surface area contributed by atoms with Gasteiger partial charge in [-0.2, -0.15) is 9.40 Å². The van der Waals surface area contributed by atoms with E-state index in [0.29, 0.717) is 24.7 Å². The smallest absolute Gasteiger partial charge is 0.309 e. The predicted molar refractivity (Wildman–Crippen MR) is 135 cm³/mol.